The number of allylic oxidation sites excluding steroid dienone is 1. The Bertz CT molecular complexity index is 1020. The summed E-state index contributed by atoms with van der Waals surface area (Å²) >= 11 is 0. The molecule has 0 aliphatic carbocycles. The molecule has 226 valence electrons. The molecule has 1 aromatic rings. The summed E-state index contributed by atoms with van der Waals surface area (Å²) in [6, 6.07) is 6.64. The van der Waals surface area contributed by atoms with Gasteiger partial charge in [-0.1, -0.05) is 49.2 Å². The molecule has 0 N–H and O–H groups in total. The number of amides is 3. The topological polar surface area (TPSA) is 40.6 Å². The van der Waals surface area contributed by atoms with Crippen molar-refractivity contribution in [3.63, 3.8) is 0 Å². The first kappa shape index (κ1) is 33.5. The highest BCUT2D eigenvalue weighted by atomic mass is 19.4. The zero-order chi connectivity index (χ0) is 30.5. The van der Waals surface area contributed by atoms with Crippen LogP contribution in [-0.4, -0.2) is 58.8 Å². The molecule has 3 amide bonds. The minimum Gasteiger partial charge on any atom is -0.322 e. The van der Waals surface area contributed by atoms with E-state index in [9.17, 15) is 49.1 Å². The number of urea groups is 1. The molecule has 1 fully saturated rings. The van der Waals surface area contributed by atoms with Gasteiger partial charge in [-0.15, -0.1) is 6.58 Å². The van der Waals surface area contributed by atoms with Crippen LogP contribution in [0.2, 0.25) is 0 Å². The Labute approximate surface area is 227 Å². The van der Waals surface area contributed by atoms with E-state index in [-0.39, 0.29) is 6.42 Å². The predicted molar refractivity (Wildman–Crippen MR) is 130 cm³/mol. The van der Waals surface area contributed by atoms with Crippen LogP contribution in [0, 0.1) is 5.92 Å². The summed E-state index contributed by atoms with van der Waals surface area (Å²) in [6.45, 7) is 5.30. The summed E-state index contributed by atoms with van der Waals surface area (Å²) in [5.74, 6) is -21.3. The van der Waals surface area contributed by atoms with Crippen molar-refractivity contribution in [1.82, 2.24) is 9.80 Å². The molecule has 1 aromatic carbocycles. The van der Waals surface area contributed by atoms with E-state index in [1.54, 1.807) is 43.3 Å². The number of carbonyl (C=O) groups excluding carboxylic acids is 2. The van der Waals surface area contributed by atoms with Gasteiger partial charge in [-0.2, -0.15) is 39.5 Å². The first-order valence-corrected chi connectivity index (χ1v) is 12.9. The number of hydrogen-bond donors (Lipinski definition) is 0. The quantitative estimate of drug-likeness (QED) is 0.124. The second-order valence-corrected chi connectivity index (χ2v) is 10.1. The lowest BCUT2D eigenvalue weighted by Crippen LogP contribution is -2.60. The summed E-state index contributed by atoms with van der Waals surface area (Å²) in [4.78, 5) is 29.0. The zero-order valence-electron chi connectivity index (χ0n) is 22.2. The zero-order valence-corrected chi connectivity index (χ0v) is 22.2. The van der Waals surface area contributed by atoms with Crippen molar-refractivity contribution in [3.05, 3.63) is 48.6 Å². The molecule has 1 saturated heterocycles. The first-order valence-electron chi connectivity index (χ1n) is 12.9. The number of benzene rings is 1. The van der Waals surface area contributed by atoms with Gasteiger partial charge in [0.05, 0.1) is 12.1 Å². The van der Waals surface area contributed by atoms with Crippen molar-refractivity contribution in [2.75, 3.05) is 7.05 Å². The van der Waals surface area contributed by atoms with Gasteiger partial charge in [0.25, 0.3) is 0 Å². The largest absolute Gasteiger partial charge is 0.460 e. The van der Waals surface area contributed by atoms with E-state index in [4.69, 9.17) is 0 Å². The van der Waals surface area contributed by atoms with Crippen LogP contribution in [0.15, 0.2) is 43.0 Å². The average molecular weight is 589 g/mol. The Morgan fingerprint density at radius 1 is 0.925 bits per heavy atom. The second kappa shape index (κ2) is 12.8. The molecular weight excluding hydrogens is 555 g/mol. The van der Waals surface area contributed by atoms with Gasteiger partial charge >= 0.3 is 30.0 Å². The van der Waals surface area contributed by atoms with Gasteiger partial charge in [0.1, 0.15) is 0 Å². The summed E-state index contributed by atoms with van der Waals surface area (Å²) in [6.07, 6.45) is -6.30. The van der Waals surface area contributed by atoms with Crippen LogP contribution in [0.1, 0.15) is 69.9 Å². The molecule has 40 heavy (non-hydrogen) atoms. The van der Waals surface area contributed by atoms with Gasteiger partial charge in [0.2, 0.25) is 5.91 Å². The van der Waals surface area contributed by atoms with Crippen molar-refractivity contribution in [1.29, 1.82) is 0 Å². The van der Waals surface area contributed by atoms with E-state index >= 15 is 0 Å². The minimum atomic E-state index is -6.96. The lowest BCUT2D eigenvalue weighted by Gasteiger charge is -2.34. The SMILES string of the molecule is C=CCCCCC[C@@H](CCCC(F)(F)C(F)(F)C(F)(F)C(F)(F)F)C(=O)N1C(=O)N(C)[C@H](C)[C@@H]1c1ccccc1. The molecule has 0 bridgehead atoms. The van der Waals surface area contributed by atoms with Crippen LogP contribution in [0.3, 0.4) is 0 Å². The molecule has 13 heteroatoms. The number of carbonyl (C=O) groups is 2. The number of nitrogens with zero attached hydrogens (tertiary/aromatic N) is 2. The Morgan fingerprint density at radius 2 is 1.50 bits per heavy atom. The third kappa shape index (κ3) is 6.76. The number of imide groups is 1. The molecule has 2 rings (SSSR count). The maximum absolute atomic E-state index is 14.1. The highest BCUT2D eigenvalue weighted by molar-refractivity contribution is 5.98. The summed E-state index contributed by atoms with van der Waals surface area (Å²) < 4.78 is 120. The van der Waals surface area contributed by atoms with E-state index in [2.05, 4.69) is 6.58 Å². The van der Waals surface area contributed by atoms with E-state index in [1.807, 2.05) is 0 Å². The standard InChI is InChI=1S/C27H33F9N2O2/c1-4-5-6-7-9-15-20(16-12-17-24(28,29)25(30,31)26(32,33)27(34,35)36)22(39)38-21(18(2)37(3)23(38)40)19-13-10-8-11-14-19/h4,8,10-11,13-14,18,20-21H,1,5-7,9,12,15-17H2,2-3H3/t18-,20+,21-/m1/s1. The second-order valence-electron chi connectivity index (χ2n) is 10.1. The van der Waals surface area contributed by atoms with Gasteiger partial charge in [-0.05, 0) is 44.6 Å². The Balaban J connectivity index is 2.28. The van der Waals surface area contributed by atoms with Crippen LogP contribution >= 0.6 is 0 Å². The fourth-order valence-electron chi connectivity index (χ4n) is 4.78. The number of halogens is 9. The molecule has 4 nitrogen and oxygen atoms in total. The van der Waals surface area contributed by atoms with Crippen LogP contribution in [0.25, 0.3) is 0 Å². The van der Waals surface area contributed by atoms with Gasteiger partial charge in [0.15, 0.2) is 0 Å². The lowest BCUT2D eigenvalue weighted by molar-refractivity contribution is -0.396. The van der Waals surface area contributed by atoms with E-state index < -0.39 is 73.1 Å². The monoisotopic (exact) mass is 588 g/mol. The summed E-state index contributed by atoms with van der Waals surface area (Å²) in [5.41, 5.74) is 0.617. The molecule has 1 aliphatic heterocycles. The molecule has 1 aliphatic rings. The number of rotatable bonds is 14. The predicted octanol–water partition coefficient (Wildman–Crippen LogP) is 8.40. The molecule has 1 heterocycles. The fourth-order valence-corrected chi connectivity index (χ4v) is 4.78. The molecular formula is C27H33F9N2O2. The van der Waals surface area contributed by atoms with E-state index in [1.165, 1.54) is 11.9 Å². The molecule has 0 spiro atoms. The van der Waals surface area contributed by atoms with Crippen molar-refractivity contribution in [2.24, 2.45) is 5.92 Å². The van der Waals surface area contributed by atoms with Gasteiger partial charge in [-0.3, -0.25) is 9.69 Å². The number of unbranched alkanes of at least 4 members (excludes halogenated alkanes) is 3. The van der Waals surface area contributed by atoms with E-state index in [0.717, 1.165) is 4.90 Å². The van der Waals surface area contributed by atoms with Gasteiger partial charge in [-0.25, -0.2) is 4.79 Å². The summed E-state index contributed by atoms with van der Waals surface area (Å²) in [5, 5.41) is 0. The minimum absolute atomic E-state index is 0.0695. The molecule has 0 aromatic heterocycles. The average Bonchev–Trinajstić information content (AvgIpc) is 3.10. The van der Waals surface area contributed by atoms with Gasteiger partial charge in [0, 0.05) is 19.4 Å². The van der Waals surface area contributed by atoms with Crippen LogP contribution in [0.5, 0.6) is 0 Å². The molecule has 3 atom stereocenters. The van der Waals surface area contributed by atoms with Crippen LogP contribution in [-0.2, 0) is 4.79 Å². The Hall–Kier alpha value is -2.73. The van der Waals surface area contributed by atoms with Crippen LogP contribution < -0.4 is 0 Å². The van der Waals surface area contributed by atoms with Crippen molar-refractivity contribution in [2.45, 2.75) is 94.3 Å². The van der Waals surface area contributed by atoms with E-state index in [0.29, 0.717) is 31.2 Å². The molecule has 0 unspecified atom stereocenters. The van der Waals surface area contributed by atoms with Crippen molar-refractivity contribution < 1.29 is 49.1 Å². The number of hydrogen-bond acceptors (Lipinski definition) is 2. The first-order chi connectivity index (χ1) is 18.4. The molecule has 0 radical (unpaired) electrons. The molecule has 0 saturated carbocycles. The maximum Gasteiger partial charge on any atom is 0.460 e. The highest BCUT2D eigenvalue weighted by Crippen LogP contribution is 2.54. The normalized spacial score (nSPS) is 19.7. The smallest absolute Gasteiger partial charge is 0.322 e. The fraction of sp³-hybridized carbons (Fsp3) is 0.630. The number of alkyl halides is 9. The lowest BCUT2D eigenvalue weighted by atomic mass is 9.90. The maximum atomic E-state index is 14.1. The van der Waals surface area contributed by atoms with Crippen molar-refractivity contribution >= 4 is 11.9 Å². The highest BCUT2D eigenvalue weighted by Gasteiger charge is 2.81. The Kier molecular flexibility index (Phi) is 10.7. The third-order valence-corrected chi connectivity index (χ3v) is 7.30. The Morgan fingerprint density at radius 3 is 2.05 bits per heavy atom. The number of likely N-dealkylation sites (N-methyl/N-ethyl adjacent to an activating group) is 1. The van der Waals surface area contributed by atoms with Crippen molar-refractivity contribution in [3.8, 4) is 0 Å². The summed E-state index contributed by atoms with van der Waals surface area (Å²) in [7, 11) is 1.48. The third-order valence-electron chi connectivity index (χ3n) is 7.30. The van der Waals surface area contributed by atoms with Gasteiger partial charge < -0.3 is 4.90 Å². The van der Waals surface area contributed by atoms with Crippen LogP contribution in [0.4, 0.5) is 44.3 Å².